The van der Waals surface area contributed by atoms with E-state index in [1.165, 1.54) is 23.3 Å². The number of carbonyl (C=O) groups excluding carboxylic acids is 1. The molecule has 21 heavy (non-hydrogen) atoms. The van der Waals surface area contributed by atoms with Crippen LogP contribution in [0.15, 0.2) is 11.4 Å². The van der Waals surface area contributed by atoms with Gasteiger partial charge in [0.05, 0.1) is 11.5 Å². The number of aryl methyl sites for hydroxylation is 1. The molecular formula is C17H25NO2S. The molecule has 1 unspecified atom stereocenters. The molecule has 0 radical (unpaired) electrons. The number of rotatable bonds is 3. The van der Waals surface area contributed by atoms with Gasteiger partial charge in [0, 0.05) is 11.4 Å². The van der Waals surface area contributed by atoms with Crippen molar-refractivity contribution >= 4 is 17.2 Å². The summed E-state index contributed by atoms with van der Waals surface area (Å²) in [6.07, 6.45) is 9.34. The SMILES string of the molecule is O=C(NCC1(O)CCCCCC1)C1CCCc2sccc21. The van der Waals surface area contributed by atoms with E-state index in [-0.39, 0.29) is 11.8 Å². The highest BCUT2D eigenvalue weighted by atomic mass is 32.1. The van der Waals surface area contributed by atoms with Gasteiger partial charge in [0.15, 0.2) is 0 Å². The molecule has 0 bridgehead atoms. The van der Waals surface area contributed by atoms with Gasteiger partial charge in [-0.05, 0) is 49.1 Å². The van der Waals surface area contributed by atoms with E-state index >= 15 is 0 Å². The summed E-state index contributed by atoms with van der Waals surface area (Å²) in [5, 5.41) is 15.8. The van der Waals surface area contributed by atoms with Crippen molar-refractivity contribution in [2.75, 3.05) is 6.54 Å². The highest BCUT2D eigenvalue weighted by Crippen LogP contribution is 2.35. The molecule has 1 heterocycles. The maximum Gasteiger partial charge on any atom is 0.227 e. The van der Waals surface area contributed by atoms with E-state index in [1.54, 1.807) is 11.3 Å². The largest absolute Gasteiger partial charge is 0.388 e. The van der Waals surface area contributed by atoms with Crippen LogP contribution in [0.4, 0.5) is 0 Å². The van der Waals surface area contributed by atoms with Crippen molar-refractivity contribution in [3.05, 3.63) is 21.9 Å². The Kier molecular flexibility index (Phi) is 4.65. The Hall–Kier alpha value is -0.870. The summed E-state index contributed by atoms with van der Waals surface area (Å²) in [6.45, 7) is 0.418. The van der Waals surface area contributed by atoms with Crippen LogP contribution < -0.4 is 5.32 Å². The van der Waals surface area contributed by atoms with Crippen LogP contribution in [-0.4, -0.2) is 23.2 Å². The summed E-state index contributed by atoms with van der Waals surface area (Å²) in [5.74, 6) is 0.0985. The lowest BCUT2D eigenvalue weighted by Crippen LogP contribution is -2.44. The monoisotopic (exact) mass is 307 g/mol. The average molecular weight is 307 g/mol. The van der Waals surface area contributed by atoms with Gasteiger partial charge in [0.25, 0.3) is 0 Å². The van der Waals surface area contributed by atoms with Gasteiger partial charge in [-0.2, -0.15) is 0 Å². The summed E-state index contributed by atoms with van der Waals surface area (Å²) in [6, 6.07) is 2.10. The summed E-state index contributed by atoms with van der Waals surface area (Å²) in [7, 11) is 0. The first-order valence-corrected chi connectivity index (χ1v) is 9.12. The molecule has 1 saturated carbocycles. The lowest BCUT2D eigenvalue weighted by Gasteiger charge is -2.29. The number of aliphatic hydroxyl groups is 1. The maximum atomic E-state index is 12.5. The van der Waals surface area contributed by atoms with Crippen LogP contribution in [0.2, 0.25) is 0 Å². The number of hydrogen-bond acceptors (Lipinski definition) is 3. The van der Waals surface area contributed by atoms with Crippen molar-refractivity contribution in [2.24, 2.45) is 0 Å². The smallest absolute Gasteiger partial charge is 0.227 e. The minimum absolute atomic E-state index is 0.00521. The molecular weight excluding hydrogens is 282 g/mol. The summed E-state index contributed by atoms with van der Waals surface area (Å²) >= 11 is 1.77. The minimum Gasteiger partial charge on any atom is -0.388 e. The van der Waals surface area contributed by atoms with Crippen LogP contribution >= 0.6 is 11.3 Å². The van der Waals surface area contributed by atoms with Crippen molar-refractivity contribution in [3.63, 3.8) is 0 Å². The van der Waals surface area contributed by atoms with E-state index < -0.39 is 5.60 Å². The lowest BCUT2D eigenvalue weighted by atomic mass is 9.86. The van der Waals surface area contributed by atoms with Crippen LogP contribution in [0.1, 0.15) is 67.7 Å². The molecule has 4 heteroatoms. The number of carbonyl (C=O) groups is 1. The number of amides is 1. The summed E-state index contributed by atoms with van der Waals surface area (Å²) in [4.78, 5) is 13.9. The van der Waals surface area contributed by atoms with Crippen LogP contribution in [-0.2, 0) is 11.2 Å². The van der Waals surface area contributed by atoms with E-state index in [0.717, 1.165) is 44.9 Å². The fourth-order valence-electron chi connectivity index (χ4n) is 3.70. The standard InChI is InChI=1S/C17H25NO2S/c19-16(14-6-5-7-15-13(14)8-11-21-15)18-12-17(20)9-3-1-2-4-10-17/h8,11,14,20H,1-7,9-10,12H2,(H,18,19). The van der Waals surface area contributed by atoms with Gasteiger partial charge in [0.2, 0.25) is 5.91 Å². The van der Waals surface area contributed by atoms with E-state index in [9.17, 15) is 9.90 Å². The molecule has 1 amide bonds. The normalized spacial score (nSPS) is 24.9. The first-order valence-electron chi connectivity index (χ1n) is 8.24. The Morgan fingerprint density at radius 2 is 2.05 bits per heavy atom. The highest BCUT2D eigenvalue weighted by Gasteiger charge is 2.31. The molecule has 1 atom stereocenters. The molecule has 2 aliphatic rings. The van der Waals surface area contributed by atoms with Crippen LogP contribution in [0.25, 0.3) is 0 Å². The third kappa shape index (κ3) is 3.49. The second-order valence-electron chi connectivity index (χ2n) is 6.60. The van der Waals surface area contributed by atoms with Gasteiger partial charge in [-0.1, -0.05) is 25.7 Å². The molecule has 3 rings (SSSR count). The Labute approximate surface area is 130 Å². The second kappa shape index (κ2) is 6.49. The topological polar surface area (TPSA) is 49.3 Å². The molecule has 2 aliphatic carbocycles. The Morgan fingerprint density at radius 1 is 1.29 bits per heavy atom. The van der Waals surface area contributed by atoms with Gasteiger partial charge >= 0.3 is 0 Å². The zero-order valence-electron chi connectivity index (χ0n) is 12.6. The highest BCUT2D eigenvalue weighted by molar-refractivity contribution is 7.10. The molecule has 0 saturated heterocycles. The summed E-state index contributed by atoms with van der Waals surface area (Å²) in [5.41, 5.74) is 0.537. The molecule has 0 spiro atoms. The Bertz CT molecular complexity index is 489. The Balaban J connectivity index is 1.60. The minimum atomic E-state index is -0.682. The third-order valence-corrected chi connectivity index (χ3v) is 5.99. The second-order valence-corrected chi connectivity index (χ2v) is 7.60. The molecule has 0 aromatic carbocycles. The molecule has 1 aromatic heterocycles. The molecule has 1 aromatic rings. The zero-order valence-corrected chi connectivity index (χ0v) is 13.4. The first kappa shape index (κ1) is 15.0. The number of fused-ring (bicyclic) bond motifs is 1. The van der Waals surface area contributed by atoms with E-state index in [4.69, 9.17) is 0 Å². The predicted molar refractivity (Wildman–Crippen MR) is 85.7 cm³/mol. The lowest BCUT2D eigenvalue weighted by molar-refractivity contribution is -0.124. The van der Waals surface area contributed by atoms with Gasteiger partial charge in [0.1, 0.15) is 0 Å². The predicted octanol–water partition coefficient (Wildman–Crippen LogP) is 3.37. The van der Waals surface area contributed by atoms with Crippen molar-refractivity contribution in [3.8, 4) is 0 Å². The first-order chi connectivity index (χ1) is 10.2. The van der Waals surface area contributed by atoms with Crippen molar-refractivity contribution in [1.82, 2.24) is 5.32 Å². The molecule has 0 aliphatic heterocycles. The van der Waals surface area contributed by atoms with E-state index in [0.29, 0.717) is 6.54 Å². The van der Waals surface area contributed by atoms with Crippen LogP contribution in [0, 0.1) is 0 Å². The number of thiophene rings is 1. The fraction of sp³-hybridized carbons (Fsp3) is 0.706. The van der Waals surface area contributed by atoms with Crippen molar-refractivity contribution in [1.29, 1.82) is 0 Å². The number of hydrogen-bond donors (Lipinski definition) is 2. The quantitative estimate of drug-likeness (QED) is 0.841. The maximum absolute atomic E-state index is 12.5. The van der Waals surface area contributed by atoms with Crippen LogP contribution in [0.3, 0.4) is 0 Å². The third-order valence-electron chi connectivity index (χ3n) is 4.99. The summed E-state index contributed by atoms with van der Waals surface area (Å²) < 4.78 is 0. The fourth-order valence-corrected chi connectivity index (χ4v) is 4.68. The van der Waals surface area contributed by atoms with Gasteiger partial charge in [-0.25, -0.2) is 0 Å². The molecule has 2 N–H and O–H groups in total. The number of nitrogens with one attached hydrogen (secondary N) is 1. The Morgan fingerprint density at radius 3 is 2.81 bits per heavy atom. The van der Waals surface area contributed by atoms with E-state index in [2.05, 4.69) is 16.8 Å². The van der Waals surface area contributed by atoms with Crippen LogP contribution in [0.5, 0.6) is 0 Å². The molecule has 116 valence electrons. The molecule has 3 nitrogen and oxygen atoms in total. The van der Waals surface area contributed by atoms with Gasteiger partial charge in [-0.3, -0.25) is 4.79 Å². The van der Waals surface area contributed by atoms with Gasteiger partial charge < -0.3 is 10.4 Å². The van der Waals surface area contributed by atoms with Gasteiger partial charge in [-0.15, -0.1) is 11.3 Å². The molecule has 1 fully saturated rings. The van der Waals surface area contributed by atoms with Crippen molar-refractivity contribution < 1.29 is 9.90 Å². The average Bonchev–Trinajstić information content (AvgIpc) is 2.87. The van der Waals surface area contributed by atoms with E-state index in [1.807, 2.05) is 0 Å². The zero-order chi connectivity index (χ0) is 14.7. The van der Waals surface area contributed by atoms with Crippen molar-refractivity contribution in [2.45, 2.75) is 69.3 Å².